The third kappa shape index (κ3) is 4.76. The number of nitrogens with zero attached hydrogens (tertiary/aromatic N) is 3. The lowest BCUT2D eigenvalue weighted by Gasteiger charge is -2.28. The summed E-state index contributed by atoms with van der Waals surface area (Å²) in [7, 11) is 1.61. The van der Waals surface area contributed by atoms with Gasteiger partial charge < -0.3 is 9.47 Å². The maximum atomic E-state index is 13.3. The average Bonchev–Trinajstić information content (AvgIpc) is 3.51. The number of ether oxygens (including phenoxy) is 2. The van der Waals surface area contributed by atoms with E-state index in [1.54, 1.807) is 30.1 Å². The number of hydrogen-bond acceptors (Lipinski definition) is 6. The molecule has 0 aliphatic carbocycles. The fraction of sp³-hybridized carbons (Fsp3) is 0.360. The van der Waals surface area contributed by atoms with Gasteiger partial charge in [0.15, 0.2) is 11.5 Å². The largest absolute Gasteiger partial charge is 0.493 e. The van der Waals surface area contributed by atoms with Crippen molar-refractivity contribution in [2.75, 3.05) is 38.3 Å². The Balaban J connectivity index is 1.27. The maximum absolute atomic E-state index is 13.3. The molecule has 0 bridgehead atoms. The molecule has 2 aromatic carbocycles. The van der Waals surface area contributed by atoms with E-state index in [4.69, 9.17) is 21.1 Å². The zero-order chi connectivity index (χ0) is 22.8. The van der Waals surface area contributed by atoms with Gasteiger partial charge in [0.2, 0.25) is 5.91 Å². The van der Waals surface area contributed by atoms with Crippen LogP contribution in [0.15, 0.2) is 53.5 Å². The summed E-state index contributed by atoms with van der Waals surface area (Å²) in [6, 6.07) is 13.1. The summed E-state index contributed by atoms with van der Waals surface area (Å²) < 4.78 is 11.5. The standard InChI is InChI=1S/C25H26ClN3O3S/c1-31-22-14-19(8-9-21(22)32-13-12-28-10-2-3-11-28)29-16-27-20-15-23(33-24(20)25(29)30)17-4-6-18(26)7-5-17/h4-9,14-16,20,24H,2-3,10-13H2,1H3. The second-order valence-electron chi connectivity index (χ2n) is 8.27. The van der Waals surface area contributed by atoms with Gasteiger partial charge in [0, 0.05) is 22.5 Å². The number of rotatable bonds is 7. The van der Waals surface area contributed by atoms with Gasteiger partial charge in [0.25, 0.3) is 0 Å². The van der Waals surface area contributed by atoms with Crippen molar-refractivity contribution in [3.63, 3.8) is 0 Å². The maximum Gasteiger partial charge on any atom is 0.248 e. The molecule has 1 amide bonds. The van der Waals surface area contributed by atoms with Crippen LogP contribution in [-0.2, 0) is 4.79 Å². The van der Waals surface area contributed by atoms with Gasteiger partial charge in [-0.2, -0.15) is 0 Å². The topological polar surface area (TPSA) is 54.4 Å². The van der Waals surface area contributed by atoms with Crippen LogP contribution in [-0.4, -0.2) is 61.8 Å². The lowest BCUT2D eigenvalue weighted by molar-refractivity contribution is -0.117. The zero-order valence-electron chi connectivity index (χ0n) is 18.4. The lowest BCUT2D eigenvalue weighted by atomic mass is 10.1. The molecule has 2 unspecified atom stereocenters. The van der Waals surface area contributed by atoms with Gasteiger partial charge in [0.05, 0.1) is 25.2 Å². The molecule has 0 aromatic heterocycles. The molecular weight excluding hydrogens is 458 g/mol. The quantitative estimate of drug-likeness (QED) is 0.570. The summed E-state index contributed by atoms with van der Waals surface area (Å²) in [6.07, 6.45) is 6.21. The molecule has 0 saturated carbocycles. The third-order valence-corrected chi connectivity index (χ3v) is 7.75. The predicted molar refractivity (Wildman–Crippen MR) is 135 cm³/mol. The Morgan fingerprint density at radius 3 is 2.67 bits per heavy atom. The minimum atomic E-state index is -0.289. The first-order chi connectivity index (χ1) is 16.1. The fourth-order valence-corrected chi connectivity index (χ4v) is 5.72. The van der Waals surface area contributed by atoms with E-state index in [0.29, 0.717) is 28.8 Å². The normalized spacial score (nSPS) is 22.4. The van der Waals surface area contributed by atoms with Crippen LogP contribution >= 0.6 is 23.4 Å². The van der Waals surface area contributed by atoms with Gasteiger partial charge in [-0.05, 0) is 61.8 Å². The summed E-state index contributed by atoms with van der Waals surface area (Å²) in [6.45, 7) is 3.81. The van der Waals surface area contributed by atoms with E-state index >= 15 is 0 Å². The summed E-state index contributed by atoms with van der Waals surface area (Å²) in [4.78, 5) is 23.0. The molecule has 6 nitrogen and oxygen atoms in total. The summed E-state index contributed by atoms with van der Waals surface area (Å²) >= 11 is 7.56. The highest BCUT2D eigenvalue weighted by atomic mass is 35.5. The van der Waals surface area contributed by atoms with Gasteiger partial charge in [-0.3, -0.25) is 19.6 Å². The highest BCUT2D eigenvalue weighted by Crippen LogP contribution is 2.43. The molecule has 3 aliphatic heterocycles. The first-order valence-corrected chi connectivity index (χ1v) is 12.4. The molecule has 1 saturated heterocycles. The van der Waals surface area contributed by atoms with E-state index in [-0.39, 0.29) is 17.2 Å². The summed E-state index contributed by atoms with van der Waals surface area (Å²) in [5, 5.41) is 0.403. The van der Waals surface area contributed by atoms with E-state index in [2.05, 4.69) is 16.0 Å². The Morgan fingerprint density at radius 1 is 1.12 bits per heavy atom. The number of thioether (sulfide) groups is 1. The van der Waals surface area contributed by atoms with Gasteiger partial charge in [-0.15, -0.1) is 11.8 Å². The minimum Gasteiger partial charge on any atom is -0.493 e. The van der Waals surface area contributed by atoms with E-state index < -0.39 is 0 Å². The van der Waals surface area contributed by atoms with E-state index in [0.717, 1.165) is 30.1 Å². The van der Waals surface area contributed by atoms with Crippen molar-refractivity contribution in [1.82, 2.24) is 4.90 Å². The number of benzene rings is 2. The predicted octanol–water partition coefficient (Wildman–Crippen LogP) is 4.72. The number of anilines is 1. The smallest absolute Gasteiger partial charge is 0.248 e. The molecule has 1 fully saturated rings. The van der Waals surface area contributed by atoms with Crippen molar-refractivity contribution < 1.29 is 14.3 Å². The first-order valence-electron chi connectivity index (χ1n) is 11.2. The highest BCUT2D eigenvalue weighted by molar-refractivity contribution is 8.09. The third-order valence-electron chi connectivity index (χ3n) is 6.14. The Labute approximate surface area is 203 Å². The van der Waals surface area contributed by atoms with Gasteiger partial charge >= 0.3 is 0 Å². The van der Waals surface area contributed by atoms with Crippen LogP contribution in [0.25, 0.3) is 4.91 Å². The highest BCUT2D eigenvalue weighted by Gasteiger charge is 2.40. The first kappa shape index (κ1) is 22.3. The van der Waals surface area contributed by atoms with Gasteiger partial charge in [-0.1, -0.05) is 23.7 Å². The molecule has 0 spiro atoms. The van der Waals surface area contributed by atoms with Crippen molar-refractivity contribution in [3.8, 4) is 11.5 Å². The van der Waals surface area contributed by atoms with Crippen molar-refractivity contribution in [1.29, 1.82) is 0 Å². The Bertz CT molecular complexity index is 1080. The van der Waals surface area contributed by atoms with Crippen molar-refractivity contribution in [3.05, 3.63) is 59.1 Å². The molecule has 3 heterocycles. The summed E-state index contributed by atoms with van der Waals surface area (Å²) in [5.41, 5.74) is 1.76. The van der Waals surface area contributed by atoms with Crippen LogP contribution in [0.2, 0.25) is 5.02 Å². The van der Waals surface area contributed by atoms with Gasteiger partial charge in [0.1, 0.15) is 11.9 Å². The van der Waals surface area contributed by atoms with Crippen LogP contribution in [0.3, 0.4) is 0 Å². The number of fused-ring (bicyclic) bond motifs is 1. The van der Waals surface area contributed by atoms with Crippen LogP contribution in [0.5, 0.6) is 11.5 Å². The Hall–Kier alpha value is -2.48. The van der Waals surface area contributed by atoms with Gasteiger partial charge in [-0.25, -0.2) is 0 Å². The molecule has 5 rings (SSSR count). The number of amides is 1. The molecule has 0 N–H and O–H groups in total. The zero-order valence-corrected chi connectivity index (χ0v) is 20.0. The molecule has 33 heavy (non-hydrogen) atoms. The minimum absolute atomic E-state index is 0.00460. The number of carbonyl (C=O) groups excluding carboxylic acids is 1. The molecule has 2 aromatic rings. The van der Waals surface area contributed by atoms with Crippen molar-refractivity contribution in [2.45, 2.75) is 24.1 Å². The number of methoxy groups -OCH3 is 1. The molecule has 2 atom stereocenters. The lowest BCUT2D eigenvalue weighted by Crippen LogP contribution is -2.44. The number of likely N-dealkylation sites (tertiary alicyclic amines) is 1. The van der Waals surface area contributed by atoms with Crippen molar-refractivity contribution in [2.24, 2.45) is 4.99 Å². The summed E-state index contributed by atoms with van der Waals surface area (Å²) in [5.74, 6) is 1.29. The second-order valence-corrected chi connectivity index (χ2v) is 9.89. The molecule has 8 heteroatoms. The van der Waals surface area contributed by atoms with Crippen molar-refractivity contribution >= 4 is 46.2 Å². The molecular formula is C25H26ClN3O3S. The van der Waals surface area contributed by atoms with E-state index in [1.165, 1.54) is 12.8 Å². The average molecular weight is 484 g/mol. The van der Waals surface area contributed by atoms with Crippen LogP contribution in [0, 0.1) is 0 Å². The molecule has 3 aliphatic rings. The number of hydrogen-bond donors (Lipinski definition) is 0. The van der Waals surface area contributed by atoms with Crippen LogP contribution in [0.4, 0.5) is 5.69 Å². The Kier molecular flexibility index (Phi) is 6.62. The molecule has 0 radical (unpaired) electrons. The van der Waals surface area contributed by atoms with Crippen LogP contribution in [0.1, 0.15) is 18.4 Å². The fourth-order valence-electron chi connectivity index (χ4n) is 4.33. The van der Waals surface area contributed by atoms with E-state index in [1.807, 2.05) is 42.5 Å². The number of carbonyl (C=O) groups is 1. The Morgan fingerprint density at radius 2 is 1.91 bits per heavy atom. The number of halogens is 1. The van der Waals surface area contributed by atoms with E-state index in [9.17, 15) is 4.79 Å². The second kappa shape index (κ2) is 9.79. The van der Waals surface area contributed by atoms with Crippen LogP contribution < -0.4 is 14.4 Å². The number of aliphatic imine (C=N–C) groups is 1. The monoisotopic (exact) mass is 483 g/mol. The molecule has 172 valence electrons. The SMILES string of the molecule is COc1cc(N2C=NC3C=C(c4ccc(Cl)cc4)SC3C2=O)ccc1OCCN1CCCC1.